The van der Waals surface area contributed by atoms with Crippen LogP contribution in [0.25, 0.3) is 0 Å². The van der Waals surface area contributed by atoms with Crippen molar-refractivity contribution in [1.29, 1.82) is 0 Å². The Kier molecular flexibility index (Phi) is 7.30. The molecule has 0 saturated carbocycles. The molecule has 7 nitrogen and oxygen atoms in total. The van der Waals surface area contributed by atoms with Gasteiger partial charge in [0.2, 0.25) is 5.91 Å². The van der Waals surface area contributed by atoms with Crippen molar-refractivity contribution < 1.29 is 19.5 Å². The number of nitrogens with zero attached hydrogens (tertiary/aromatic N) is 1. The van der Waals surface area contributed by atoms with E-state index in [-0.39, 0.29) is 19.0 Å². The highest BCUT2D eigenvalue weighted by atomic mass is 35.5. The van der Waals surface area contributed by atoms with Gasteiger partial charge in [-0.15, -0.1) is 23.7 Å². The Hall–Kier alpha value is -1.64. The highest BCUT2D eigenvalue weighted by Gasteiger charge is 2.31. The molecule has 0 aromatic carbocycles. The first-order chi connectivity index (χ1) is 10.1. The monoisotopic (exact) mass is 347 g/mol. The normalized spacial score (nSPS) is 17.5. The maximum Gasteiger partial charge on any atom is 0.321 e. The average molecular weight is 348 g/mol. The van der Waals surface area contributed by atoms with Crippen molar-refractivity contribution in [2.75, 3.05) is 13.1 Å². The van der Waals surface area contributed by atoms with Crippen LogP contribution in [-0.2, 0) is 16.1 Å². The summed E-state index contributed by atoms with van der Waals surface area (Å²) in [6.45, 7) is 0.836. The molecule has 1 saturated heterocycles. The number of amides is 3. The summed E-state index contributed by atoms with van der Waals surface area (Å²) in [5.41, 5.74) is 0. The molecule has 1 aliphatic rings. The lowest BCUT2D eigenvalue weighted by molar-refractivity contribution is -0.142. The molecule has 1 fully saturated rings. The number of hydrogen-bond acceptors (Lipinski definition) is 5. The van der Waals surface area contributed by atoms with Crippen LogP contribution in [0.4, 0.5) is 4.79 Å². The standard InChI is InChI=1S/C13H17N3O4S.ClH/c17-11(8-16-5-1-4-10(16)12(18)19)15-13(20)14-7-9-3-2-6-21-9;/h2-3,6,10H,1,4-5,7-8H2,(H,18,19)(H2,14,15,17,20);1H. The van der Waals surface area contributed by atoms with E-state index in [2.05, 4.69) is 10.6 Å². The molecule has 22 heavy (non-hydrogen) atoms. The predicted molar refractivity (Wildman–Crippen MR) is 84.2 cm³/mol. The summed E-state index contributed by atoms with van der Waals surface area (Å²) in [5.74, 6) is -1.42. The molecule has 3 amide bonds. The molecule has 1 atom stereocenters. The zero-order chi connectivity index (χ0) is 15.2. The third-order valence-corrected chi connectivity index (χ3v) is 4.13. The number of carbonyl (C=O) groups excluding carboxylic acids is 2. The van der Waals surface area contributed by atoms with E-state index in [1.807, 2.05) is 17.5 Å². The summed E-state index contributed by atoms with van der Waals surface area (Å²) in [7, 11) is 0. The van der Waals surface area contributed by atoms with E-state index in [9.17, 15) is 14.4 Å². The second kappa shape index (κ2) is 8.72. The van der Waals surface area contributed by atoms with Gasteiger partial charge in [-0.1, -0.05) is 6.07 Å². The first kappa shape index (κ1) is 18.4. The molecule has 1 aromatic heterocycles. The Bertz CT molecular complexity index is 523. The molecule has 0 bridgehead atoms. The molecule has 9 heteroatoms. The number of nitrogens with one attached hydrogen (secondary N) is 2. The van der Waals surface area contributed by atoms with Crippen LogP contribution in [0.1, 0.15) is 17.7 Å². The number of carboxylic acids is 1. The van der Waals surface area contributed by atoms with E-state index in [0.29, 0.717) is 19.5 Å². The molecular formula is C13H18ClN3O4S. The van der Waals surface area contributed by atoms with Gasteiger partial charge in [0.25, 0.3) is 0 Å². The minimum Gasteiger partial charge on any atom is -0.480 e. The highest BCUT2D eigenvalue weighted by molar-refractivity contribution is 7.09. The van der Waals surface area contributed by atoms with Crippen LogP contribution < -0.4 is 10.6 Å². The van der Waals surface area contributed by atoms with Crippen molar-refractivity contribution in [2.45, 2.75) is 25.4 Å². The zero-order valence-electron chi connectivity index (χ0n) is 11.8. The third kappa shape index (κ3) is 5.28. The average Bonchev–Trinajstić information content (AvgIpc) is 3.06. The van der Waals surface area contributed by atoms with Crippen LogP contribution in [0.2, 0.25) is 0 Å². The predicted octanol–water partition coefficient (Wildman–Crippen LogP) is 1.04. The summed E-state index contributed by atoms with van der Waals surface area (Å²) in [6.07, 6.45) is 1.28. The Labute approximate surface area is 138 Å². The number of carbonyl (C=O) groups is 3. The lowest BCUT2D eigenvalue weighted by atomic mass is 10.2. The number of thiophene rings is 1. The van der Waals surface area contributed by atoms with Gasteiger partial charge in [-0.05, 0) is 30.8 Å². The van der Waals surface area contributed by atoms with Crippen LogP contribution in [0.15, 0.2) is 17.5 Å². The van der Waals surface area contributed by atoms with E-state index < -0.39 is 23.9 Å². The van der Waals surface area contributed by atoms with Gasteiger partial charge >= 0.3 is 12.0 Å². The Morgan fingerprint density at radius 1 is 1.41 bits per heavy atom. The number of hydrogen-bond donors (Lipinski definition) is 3. The van der Waals surface area contributed by atoms with Crippen LogP contribution in [-0.4, -0.2) is 47.0 Å². The fourth-order valence-corrected chi connectivity index (χ4v) is 2.91. The van der Waals surface area contributed by atoms with Crippen LogP contribution >= 0.6 is 23.7 Å². The van der Waals surface area contributed by atoms with Gasteiger partial charge in [0.15, 0.2) is 0 Å². The zero-order valence-corrected chi connectivity index (χ0v) is 13.4. The molecule has 0 radical (unpaired) electrons. The van der Waals surface area contributed by atoms with Crippen molar-refractivity contribution in [3.05, 3.63) is 22.4 Å². The molecule has 1 aromatic rings. The number of carboxylic acid groups (broad SMARTS) is 1. The Morgan fingerprint density at radius 2 is 2.18 bits per heavy atom. The number of halogens is 1. The van der Waals surface area contributed by atoms with Gasteiger partial charge < -0.3 is 10.4 Å². The number of rotatable bonds is 5. The minimum atomic E-state index is -0.928. The van der Waals surface area contributed by atoms with E-state index in [1.54, 1.807) is 4.90 Å². The van der Waals surface area contributed by atoms with Gasteiger partial charge in [-0.2, -0.15) is 0 Å². The quantitative estimate of drug-likeness (QED) is 0.739. The maximum atomic E-state index is 11.7. The Morgan fingerprint density at radius 3 is 2.82 bits per heavy atom. The highest BCUT2D eigenvalue weighted by Crippen LogP contribution is 2.16. The first-order valence-corrected chi connectivity index (χ1v) is 7.51. The molecular weight excluding hydrogens is 330 g/mol. The summed E-state index contributed by atoms with van der Waals surface area (Å²) in [5, 5.41) is 15.7. The SMILES string of the molecule is Cl.O=C(CN1CCCC1C(=O)O)NC(=O)NCc1cccs1. The Balaban J connectivity index is 0.00000242. The van der Waals surface area contributed by atoms with Gasteiger partial charge in [0.05, 0.1) is 13.1 Å². The first-order valence-electron chi connectivity index (χ1n) is 6.63. The largest absolute Gasteiger partial charge is 0.480 e. The number of aliphatic carboxylic acids is 1. The van der Waals surface area contributed by atoms with Crippen LogP contribution in [0.3, 0.4) is 0 Å². The van der Waals surface area contributed by atoms with E-state index in [1.165, 1.54) is 11.3 Å². The molecule has 122 valence electrons. The lowest BCUT2D eigenvalue weighted by Gasteiger charge is -2.19. The smallest absolute Gasteiger partial charge is 0.321 e. The number of imide groups is 1. The fourth-order valence-electron chi connectivity index (χ4n) is 2.27. The topological polar surface area (TPSA) is 98.7 Å². The van der Waals surface area contributed by atoms with E-state index in [4.69, 9.17) is 5.11 Å². The summed E-state index contributed by atoms with van der Waals surface area (Å²) < 4.78 is 0. The van der Waals surface area contributed by atoms with Crippen LogP contribution in [0.5, 0.6) is 0 Å². The van der Waals surface area contributed by atoms with Crippen molar-refractivity contribution in [2.24, 2.45) is 0 Å². The van der Waals surface area contributed by atoms with Gasteiger partial charge in [0, 0.05) is 4.88 Å². The molecule has 3 N–H and O–H groups in total. The van der Waals surface area contributed by atoms with Crippen molar-refractivity contribution in [3.63, 3.8) is 0 Å². The maximum absolute atomic E-state index is 11.7. The lowest BCUT2D eigenvalue weighted by Crippen LogP contribution is -2.46. The van der Waals surface area contributed by atoms with Crippen molar-refractivity contribution in [1.82, 2.24) is 15.5 Å². The molecule has 2 rings (SSSR count). The minimum absolute atomic E-state index is 0. The molecule has 2 heterocycles. The van der Waals surface area contributed by atoms with Crippen molar-refractivity contribution >= 4 is 41.7 Å². The van der Waals surface area contributed by atoms with Gasteiger partial charge in [-0.3, -0.25) is 19.8 Å². The van der Waals surface area contributed by atoms with Gasteiger partial charge in [-0.25, -0.2) is 4.79 Å². The van der Waals surface area contributed by atoms with E-state index >= 15 is 0 Å². The molecule has 0 spiro atoms. The van der Waals surface area contributed by atoms with E-state index in [0.717, 1.165) is 11.3 Å². The summed E-state index contributed by atoms with van der Waals surface area (Å²) in [4.78, 5) is 36.9. The fraction of sp³-hybridized carbons (Fsp3) is 0.462. The van der Waals surface area contributed by atoms with Gasteiger partial charge in [0.1, 0.15) is 6.04 Å². The van der Waals surface area contributed by atoms with Crippen molar-refractivity contribution in [3.8, 4) is 0 Å². The second-order valence-electron chi connectivity index (χ2n) is 4.78. The number of urea groups is 1. The number of likely N-dealkylation sites (tertiary alicyclic amines) is 1. The second-order valence-corrected chi connectivity index (χ2v) is 5.81. The van der Waals surface area contributed by atoms with Crippen LogP contribution in [0, 0.1) is 0 Å². The molecule has 0 aliphatic carbocycles. The molecule has 1 unspecified atom stereocenters. The summed E-state index contributed by atoms with van der Waals surface area (Å²) >= 11 is 1.51. The third-order valence-electron chi connectivity index (χ3n) is 3.25. The molecule has 1 aliphatic heterocycles. The summed E-state index contributed by atoms with van der Waals surface area (Å²) in [6, 6.07) is 2.56.